The number of rotatable bonds is 2. The van der Waals surface area contributed by atoms with E-state index in [-0.39, 0.29) is 6.04 Å². The van der Waals surface area contributed by atoms with Crippen molar-refractivity contribution in [3.8, 4) is 0 Å². The molecule has 0 amide bonds. The molecule has 0 aliphatic carbocycles. The van der Waals surface area contributed by atoms with Gasteiger partial charge in [-0.05, 0) is 15.9 Å². The van der Waals surface area contributed by atoms with Gasteiger partial charge in [-0.1, -0.05) is 11.6 Å². The predicted octanol–water partition coefficient (Wildman–Crippen LogP) is 0.582. The fourth-order valence-electron chi connectivity index (χ4n) is 1.79. The lowest BCUT2D eigenvalue weighted by Crippen LogP contribution is -2.38. The lowest BCUT2D eigenvalue weighted by Gasteiger charge is -2.19. The van der Waals surface area contributed by atoms with Crippen LogP contribution >= 0.6 is 15.9 Å². The zero-order valence-electron chi connectivity index (χ0n) is 8.70. The number of nitrogens with zero attached hydrogens (tertiary/aromatic N) is 2. The monoisotopic (exact) mass is 270 g/mol. The summed E-state index contributed by atoms with van der Waals surface area (Å²) in [5, 5.41) is 7.49. The Bertz CT molecular complexity index is 363. The standard InChI is InChI=1S/C10H15BrN4/c1-15-10(9(11)6-14-15)3-7-2-8(12)5-13-4-7/h2,6,8,13H,3-5,12H2,1H3. The fourth-order valence-corrected chi connectivity index (χ4v) is 2.28. The first kappa shape index (κ1) is 10.9. The maximum absolute atomic E-state index is 5.86. The second-order valence-corrected chi connectivity index (χ2v) is 4.71. The molecule has 15 heavy (non-hydrogen) atoms. The van der Waals surface area contributed by atoms with Gasteiger partial charge in [0.2, 0.25) is 0 Å². The zero-order chi connectivity index (χ0) is 10.8. The average molecular weight is 271 g/mol. The Morgan fingerprint density at radius 2 is 2.53 bits per heavy atom. The number of nitrogens with one attached hydrogen (secondary N) is 1. The minimum Gasteiger partial charge on any atom is -0.323 e. The molecule has 1 aliphatic rings. The third-order valence-corrected chi connectivity index (χ3v) is 3.25. The van der Waals surface area contributed by atoms with E-state index >= 15 is 0 Å². The molecular weight excluding hydrogens is 256 g/mol. The molecule has 0 radical (unpaired) electrons. The van der Waals surface area contributed by atoms with Crippen LogP contribution in [0.4, 0.5) is 0 Å². The lowest BCUT2D eigenvalue weighted by molar-refractivity contribution is 0.619. The van der Waals surface area contributed by atoms with Crippen molar-refractivity contribution in [3.05, 3.63) is 28.0 Å². The third kappa shape index (κ3) is 2.48. The zero-order valence-corrected chi connectivity index (χ0v) is 10.3. The Balaban J connectivity index is 2.15. The smallest absolute Gasteiger partial charge is 0.0635 e. The van der Waals surface area contributed by atoms with Crippen molar-refractivity contribution in [1.29, 1.82) is 0 Å². The summed E-state index contributed by atoms with van der Waals surface area (Å²) in [6.07, 6.45) is 4.87. The van der Waals surface area contributed by atoms with Crippen molar-refractivity contribution >= 4 is 15.9 Å². The lowest BCUT2D eigenvalue weighted by atomic mass is 10.0. The summed E-state index contributed by atoms with van der Waals surface area (Å²) >= 11 is 3.50. The first-order chi connectivity index (χ1) is 7.16. The van der Waals surface area contributed by atoms with E-state index in [0.717, 1.165) is 24.0 Å². The van der Waals surface area contributed by atoms with E-state index in [1.807, 2.05) is 17.9 Å². The topological polar surface area (TPSA) is 55.9 Å². The first-order valence-corrected chi connectivity index (χ1v) is 5.78. The molecule has 4 nitrogen and oxygen atoms in total. The second-order valence-electron chi connectivity index (χ2n) is 3.86. The Morgan fingerprint density at radius 1 is 1.73 bits per heavy atom. The first-order valence-electron chi connectivity index (χ1n) is 4.99. The van der Waals surface area contributed by atoms with Crippen LogP contribution in [-0.2, 0) is 13.5 Å². The molecule has 0 fully saturated rings. The van der Waals surface area contributed by atoms with Crippen molar-refractivity contribution < 1.29 is 0 Å². The maximum Gasteiger partial charge on any atom is 0.0635 e. The van der Waals surface area contributed by atoms with Gasteiger partial charge in [0.15, 0.2) is 0 Å². The van der Waals surface area contributed by atoms with Gasteiger partial charge in [-0.25, -0.2) is 0 Å². The van der Waals surface area contributed by atoms with E-state index in [0.29, 0.717) is 0 Å². The van der Waals surface area contributed by atoms with Crippen LogP contribution in [0, 0.1) is 0 Å². The average Bonchev–Trinajstić information content (AvgIpc) is 2.50. The third-order valence-electron chi connectivity index (χ3n) is 2.59. The van der Waals surface area contributed by atoms with E-state index in [9.17, 15) is 0 Å². The number of aryl methyl sites for hydroxylation is 1. The highest BCUT2D eigenvalue weighted by Crippen LogP contribution is 2.19. The minimum absolute atomic E-state index is 0.140. The van der Waals surface area contributed by atoms with Crippen molar-refractivity contribution in [2.45, 2.75) is 12.5 Å². The van der Waals surface area contributed by atoms with Crippen molar-refractivity contribution in [3.63, 3.8) is 0 Å². The molecular formula is C10H15BrN4. The van der Waals surface area contributed by atoms with Gasteiger partial charge in [-0.2, -0.15) is 5.10 Å². The summed E-state index contributed by atoms with van der Waals surface area (Å²) in [6, 6.07) is 0.140. The molecule has 1 aliphatic heterocycles. The van der Waals surface area contributed by atoms with E-state index in [4.69, 9.17) is 5.73 Å². The van der Waals surface area contributed by atoms with Gasteiger partial charge in [-0.3, -0.25) is 4.68 Å². The van der Waals surface area contributed by atoms with Gasteiger partial charge >= 0.3 is 0 Å². The van der Waals surface area contributed by atoms with Crippen molar-refractivity contribution in [2.24, 2.45) is 12.8 Å². The molecule has 2 heterocycles. The van der Waals surface area contributed by atoms with Gasteiger partial charge in [-0.15, -0.1) is 0 Å². The molecule has 1 aromatic heterocycles. The molecule has 0 bridgehead atoms. The summed E-state index contributed by atoms with van der Waals surface area (Å²) in [7, 11) is 1.96. The van der Waals surface area contributed by atoms with E-state index < -0.39 is 0 Å². The van der Waals surface area contributed by atoms with Crippen LogP contribution in [0.5, 0.6) is 0 Å². The summed E-state index contributed by atoms with van der Waals surface area (Å²) < 4.78 is 2.95. The molecule has 3 N–H and O–H groups in total. The Morgan fingerprint density at radius 3 is 3.13 bits per heavy atom. The maximum atomic E-state index is 5.86. The van der Waals surface area contributed by atoms with Crippen LogP contribution in [0.15, 0.2) is 22.3 Å². The van der Waals surface area contributed by atoms with E-state index in [2.05, 4.69) is 32.4 Å². The van der Waals surface area contributed by atoms with E-state index in [1.54, 1.807) is 0 Å². The summed E-state index contributed by atoms with van der Waals surface area (Å²) in [5.74, 6) is 0. The Kier molecular flexibility index (Phi) is 3.23. The number of halogens is 1. The second kappa shape index (κ2) is 4.47. The SMILES string of the molecule is Cn1ncc(Br)c1CC1=CC(N)CNC1. The summed E-state index contributed by atoms with van der Waals surface area (Å²) in [4.78, 5) is 0. The molecule has 1 unspecified atom stereocenters. The van der Waals surface area contributed by atoms with Gasteiger partial charge in [0.25, 0.3) is 0 Å². The molecule has 1 atom stereocenters. The number of aromatic nitrogens is 2. The number of nitrogens with two attached hydrogens (primary N) is 1. The highest BCUT2D eigenvalue weighted by atomic mass is 79.9. The highest BCUT2D eigenvalue weighted by molar-refractivity contribution is 9.10. The van der Waals surface area contributed by atoms with Gasteiger partial charge < -0.3 is 11.1 Å². The van der Waals surface area contributed by atoms with E-state index in [1.165, 1.54) is 11.3 Å². The normalized spacial score (nSPS) is 21.5. The van der Waals surface area contributed by atoms with Gasteiger partial charge in [0.1, 0.15) is 0 Å². The van der Waals surface area contributed by atoms with Crippen LogP contribution in [-0.4, -0.2) is 28.9 Å². The Labute approximate surface area is 97.7 Å². The van der Waals surface area contributed by atoms with Crippen molar-refractivity contribution in [1.82, 2.24) is 15.1 Å². The predicted molar refractivity (Wildman–Crippen MR) is 63.5 cm³/mol. The molecule has 0 aromatic carbocycles. The molecule has 82 valence electrons. The largest absolute Gasteiger partial charge is 0.323 e. The molecule has 0 saturated heterocycles. The summed E-state index contributed by atoms with van der Waals surface area (Å²) in [6.45, 7) is 1.79. The minimum atomic E-state index is 0.140. The van der Waals surface area contributed by atoms with Gasteiger partial charge in [0.05, 0.1) is 16.4 Å². The molecule has 5 heteroatoms. The highest BCUT2D eigenvalue weighted by Gasteiger charge is 2.13. The molecule has 0 saturated carbocycles. The van der Waals surface area contributed by atoms with Crippen LogP contribution in [0.25, 0.3) is 0 Å². The number of hydrogen-bond acceptors (Lipinski definition) is 3. The molecule has 2 rings (SSSR count). The molecule has 1 aromatic rings. The van der Waals surface area contributed by atoms with Crippen molar-refractivity contribution in [2.75, 3.05) is 13.1 Å². The summed E-state index contributed by atoms with van der Waals surface area (Å²) in [5.41, 5.74) is 8.38. The Hall–Kier alpha value is -0.650. The van der Waals surface area contributed by atoms with Gasteiger partial charge in [0, 0.05) is 32.6 Å². The van der Waals surface area contributed by atoms with Crippen LogP contribution in [0.2, 0.25) is 0 Å². The quantitative estimate of drug-likeness (QED) is 0.774. The number of hydrogen-bond donors (Lipinski definition) is 2. The molecule has 0 spiro atoms. The fraction of sp³-hybridized carbons (Fsp3) is 0.500. The van der Waals surface area contributed by atoms with Crippen LogP contribution in [0.1, 0.15) is 5.69 Å². The van der Waals surface area contributed by atoms with Crippen LogP contribution in [0.3, 0.4) is 0 Å². The van der Waals surface area contributed by atoms with Crippen LogP contribution < -0.4 is 11.1 Å².